The Morgan fingerprint density at radius 3 is 2.20 bits per heavy atom. The van der Waals surface area contributed by atoms with E-state index in [0.29, 0.717) is 11.5 Å². The summed E-state index contributed by atoms with van der Waals surface area (Å²) in [5, 5.41) is 2.57. The van der Waals surface area contributed by atoms with Crippen molar-refractivity contribution >= 4 is 15.9 Å². The summed E-state index contributed by atoms with van der Waals surface area (Å²) in [7, 11) is 3.39. The summed E-state index contributed by atoms with van der Waals surface area (Å²) in [6, 6.07) is 4.99. The summed E-state index contributed by atoms with van der Waals surface area (Å²) in [6.07, 6.45) is 9.00. The first-order valence-corrected chi connectivity index (χ1v) is 10.6. The second kappa shape index (κ2) is 6.77. The number of ether oxygens (including phenoxy) is 2. The fourth-order valence-electron chi connectivity index (χ4n) is 6.39. The van der Waals surface area contributed by atoms with Gasteiger partial charge in [0.05, 0.1) is 24.7 Å². The Bertz CT molecular complexity index is 610. The second-order valence-electron chi connectivity index (χ2n) is 8.82. The van der Waals surface area contributed by atoms with E-state index in [2.05, 4.69) is 40.3 Å². The van der Waals surface area contributed by atoms with Gasteiger partial charge in [0.1, 0.15) is 6.54 Å². The molecule has 138 valence electrons. The number of hydrogen-bond acceptors (Lipinski definition) is 2. The minimum absolute atomic E-state index is 0.600. The maximum Gasteiger partial charge on any atom is 0.174 e. The van der Waals surface area contributed by atoms with E-state index < -0.39 is 0 Å². The molecule has 5 rings (SSSR count). The molecule has 0 spiro atoms. The number of hydrogen-bond donors (Lipinski definition) is 1. The fraction of sp³-hybridized carbons (Fsp3) is 0.714. The Balaban J connectivity index is 1.46. The van der Waals surface area contributed by atoms with Crippen molar-refractivity contribution in [2.45, 2.75) is 58.0 Å². The number of nitrogens with two attached hydrogens (primary N) is 1. The van der Waals surface area contributed by atoms with Gasteiger partial charge in [-0.2, -0.15) is 0 Å². The Hall–Kier alpha value is -0.740. The van der Waals surface area contributed by atoms with Gasteiger partial charge in [-0.3, -0.25) is 0 Å². The van der Waals surface area contributed by atoms with E-state index in [1.54, 1.807) is 14.2 Å². The molecule has 0 aliphatic heterocycles. The SMILES string of the molecule is COc1cc(C[NH2+][C@H](C)C23CC4CC(CC(C4)C2)C3)cc(Br)c1OC. The van der Waals surface area contributed by atoms with Crippen molar-refractivity contribution in [3.05, 3.63) is 22.2 Å². The van der Waals surface area contributed by atoms with Crippen LogP contribution in [0.2, 0.25) is 0 Å². The highest BCUT2D eigenvalue weighted by molar-refractivity contribution is 9.10. The van der Waals surface area contributed by atoms with Crippen molar-refractivity contribution in [2.24, 2.45) is 23.2 Å². The molecule has 4 fully saturated rings. The van der Waals surface area contributed by atoms with Gasteiger partial charge in [0.15, 0.2) is 11.5 Å². The maximum atomic E-state index is 5.50. The van der Waals surface area contributed by atoms with E-state index in [9.17, 15) is 0 Å². The van der Waals surface area contributed by atoms with Gasteiger partial charge in [-0.1, -0.05) is 0 Å². The molecule has 0 radical (unpaired) electrons. The van der Waals surface area contributed by atoms with Crippen LogP contribution in [0.3, 0.4) is 0 Å². The second-order valence-corrected chi connectivity index (χ2v) is 9.68. The van der Waals surface area contributed by atoms with Crippen molar-refractivity contribution in [1.82, 2.24) is 0 Å². The van der Waals surface area contributed by atoms with Gasteiger partial charge >= 0.3 is 0 Å². The average molecular weight is 409 g/mol. The van der Waals surface area contributed by atoms with Crippen molar-refractivity contribution in [3.8, 4) is 11.5 Å². The fourth-order valence-corrected chi connectivity index (χ4v) is 7.04. The standard InChI is InChI=1S/C21H30BrNO2/c1-13(21-9-14-4-15(10-21)6-16(5-14)11-21)23-12-17-7-18(22)20(25-3)19(8-17)24-2/h7-8,13-16,23H,4-6,9-12H2,1-3H3/p+1/t13-,14?,15?,16?,21?/m1/s1. The molecule has 4 bridgehead atoms. The molecular weight excluding hydrogens is 378 g/mol. The van der Waals surface area contributed by atoms with Gasteiger partial charge in [-0.05, 0) is 91.3 Å². The van der Waals surface area contributed by atoms with Crippen molar-refractivity contribution in [2.75, 3.05) is 14.2 Å². The lowest BCUT2D eigenvalue weighted by molar-refractivity contribution is -0.717. The topological polar surface area (TPSA) is 35.1 Å². The molecule has 4 heteroatoms. The van der Waals surface area contributed by atoms with E-state index in [1.807, 2.05) is 0 Å². The van der Waals surface area contributed by atoms with Crippen molar-refractivity contribution in [3.63, 3.8) is 0 Å². The first-order valence-electron chi connectivity index (χ1n) is 9.76. The molecule has 0 unspecified atom stereocenters. The maximum absolute atomic E-state index is 5.50. The summed E-state index contributed by atoms with van der Waals surface area (Å²) >= 11 is 3.62. The van der Waals surface area contributed by atoms with Gasteiger partial charge in [-0.25, -0.2) is 0 Å². The average Bonchev–Trinajstić information content (AvgIpc) is 2.57. The van der Waals surface area contributed by atoms with E-state index in [4.69, 9.17) is 9.47 Å². The quantitative estimate of drug-likeness (QED) is 0.767. The summed E-state index contributed by atoms with van der Waals surface area (Å²) in [4.78, 5) is 0. The molecule has 0 aromatic heterocycles. The number of rotatable bonds is 6. The zero-order chi connectivity index (χ0) is 17.6. The van der Waals surface area contributed by atoms with Gasteiger partial charge in [0, 0.05) is 11.0 Å². The predicted octanol–water partition coefficient (Wildman–Crippen LogP) is 4.13. The Morgan fingerprint density at radius 1 is 1.08 bits per heavy atom. The van der Waals surface area contributed by atoms with E-state index >= 15 is 0 Å². The highest BCUT2D eigenvalue weighted by atomic mass is 79.9. The van der Waals surface area contributed by atoms with Crippen LogP contribution in [0.25, 0.3) is 0 Å². The number of quaternary nitrogens is 1. The minimum Gasteiger partial charge on any atom is -0.493 e. The minimum atomic E-state index is 0.600. The monoisotopic (exact) mass is 408 g/mol. The third-order valence-corrected chi connectivity index (χ3v) is 7.84. The molecule has 1 aromatic carbocycles. The third kappa shape index (κ3) is 3.21. The summed E-state index contributed by atoms with van der Waals surface area (Å²) < 4.78 is 11.9. The molecule has 2 N–H and O–H groups in total. The van der Waals surface area contributed by atoms with Gasteiger partial charge in [0.25, 0.3) is 0 Å². The lowest BCUT2D eigenvalue weighted by Gasteiger charge is -2.57. The highest BCUT2D eigenvalue weighted by Gasteiger charge is 2.54. The Labute approximate surface area is 160 Å². The number of methoxy groups -OCH3 is 2. The zero-order valence-corrected chi connectivity index (χ0v) is 17.3. The molecule has 4 saturated carbocycles. The smallest absolute Gasteiger partial charge is 0.174 e. The Kier molecular flexibility index (Phi) is 4.78. The number of benzene rings is 1. The lowest BCUT2D eigenvalue weighted by atomic mass is 9.48. The van der Waals surface area contributed by atoms with E-state index in [-0.39, 0.29) is 0 Å². The first kappa shape index (κ1) is 17.7. The van der Waals surface area contributed by atoms with Gasteiger partial charge in [0.2, 0.25) is 0 Å². The predicted molar refractivity (Wildman–Crippen MR) is 103 cm³/mol. The van der Waals surface area contributed by atoms with Gasteiger partial charge in [-0.15, -0.1) is 0 Å². The zero-order valence-electron chi connectivity index (χ0n) is 15.7. The van der Waals surface area contributed by atoms with Crippen molar-refractivity contribution < 1.29 is 14.8 Å². The molecule has 3 nitrogen and oxygen atoms in total. The third-order valence-electron chi connectivity index (χ3n) is 7.25. The normalized spacial score (nSPS) is 34.2. The molecule has 25 heavy (non-hydrogen) atoms. The van der Waals surface area contributed by atoms with Crippen LogP contribution < -0.4 is 14.8 Å². The first-order chi connectivity index (χ1) is 12.0. The molecule has 1 atom stereocenters. The summed E-state index contributed by atoms with van der Waals surface area (Å²) in [6.45, 7) is 3.48. The number of halogens is 1. The van der Waals surface area contributed by atoms with Crippen molar-refractivity contribution in [1.29, 1.82) is 0 Å². The van der Waals surface area contributed by atoms with E-state index in [0.717, 1.165) is 40.3 Å². The highest BCUT2D eigenvalue weighted by Crippen LogP contribution is 2.60. The summed E-state index contributed by atoms with van der Waals surface area (Å²) in [5.74, 6) is 4.66. The van der Waals surface area contributed by atoms with Crippen LogP contribution in [0.5, 0.6) is 11.5 Å². The van der Waals surface area contributed by atoms with Crippen LogP contribution in [0.15, 0.2) is 16.6 Å². The summed E-state index contributed by atoms with van der Waals surface area (Å²) in [5.41, 5.74) is 1.89. The Morgan fingerprint density at radius 2 is 1.68 bits per heavy atom. The van der Waals surface area contributed by atoms with Crippen LogP contribution >= 0.6 is 15.9 Å². The van der Waals surface area contributed by atoms with E-state index in [1.165, 1.54) is 44.1 Å². The molecular formula is C21H31BrNO2+. The molecule has 0 heterocycles. The largest absolute Gasteiger partial charge is 0.493 e. The van der Waals surface area contributed by atoms with Crippen LogP contribution in [-0.2, 0) is 6.54 Å². The molecule has 0 amide bonds. The molecule has 4 aliphatic rings. The van der Waals surface area contributed by atoms with Crippen LogP contribution in [0.4, 0.5) is 0 Å². The van der Waals surface area contributed by atoms with Crippen LogP contribution in [-0.4, -0.2) is 20.3 Å². The lowest BCUT2D eigenvalue weighted by Crippen LogP contribution is -2.91. The molecule has 4 aliphatic carbocycles. The molecule has 1 aromatic rings. The van der Waals surface area contributed by atoms with Crippen LogP contribution in [0, 0.1) is 23.2 Å². The molecule has 0 saturated heterocycles. The van der Waals surface area contributed by atoms with Crippen LogP contribution in [0.1, 0.15) is 51.0 Å². The van der Waals surface area contributed by atoms with Gasteiger partial charge < -0.3 is 14.8 Å².